The topological polar surface area (TPSA) is 106 Å². The molecule has 3 aromatic rings. The molecule has 8 heteroatoms. The normalized spacial score (nSPS) is 10.3. The average Bonchev–Trinajstić information content (AvgIpc) is 2.61. The SMILES string of the molecule is N#Cc1c(-c2cc([N+](=O)[O-])ccc2Cl)cc(-c2cccc(Cl)c2)nc1N. The molecule has 0 amide bonds. The minimum Gasteiger partial charge on any atom is -0.383 e. The monoisotopic (exact) mass is 384 g/mol. The molecule has 0 saturated carbocycles. The van der Waals surface area contributed by atoms with Crippen LogP contribution in [0.1, 0.15) is 5.56 Å². The fourth-order valence-corrected chi connectivity index (χ4v) is 2.93. The van der Waals surface area contributed by atoms with E-state index in [2.05, 4.69) is 4.98 Å². The lowest BCUT2D eigenvalue weighted by Crippen LogP contribution is -2.00. The molecule has 0 aliphatic rings. The smallest absolute Gasteiger partial charge is 0.270 e. The van der Waals surface area contributed by atoms with Crippen LogP contribution in [0.3, 0.4) is 0 Å². The third-order valence-electron chi connectivity index (χ3n) is 3.73. The predicted molar refractivity (Wildman–Crippen MR) is 101 cm³/mol. The van der Waals surface area contributed by atoms with Crippen LogP contribution >= 0.6 is 23.2 Å². The molecular formula is C18H10Cl2N4O2. The molecule has 2 N–H and O–H groups in total. The van der Waals surface area contributed by atoms with Crippen LogP contribution in [0.25, 0.3) is 22.4 Å². The van der Waals surface area contributed by atoms with Gasteiger partial charge in [-0.2, -0.15) is 5.26 Å². The van der Waals surface area contributed by atoms with Crippen LogP contribution in [0.4, 0.5) is 11.5 Å². The Kier molecular flexibility index (Phi) is 4.76. The molecule has 6 nitrogen and oxygen atoms in total. The van der Waals surface area contributed by atoms with E-state index in [4.69, 9.17) is 28.9 Å². The first-order chi connectivity index (χ1) is 12.4. The van der Waals surface area contributed by atoms with Gasteiger partial charge >= 0.3 is 0 Å². The number of rotatable bonds is 3. The zero-order valence-corrected chi connectivity index (χ0v) is 14.6. The van der Waals surface area contributed by atoms with Gasteiger partial charge in [0.1, 0.15) is 17.5 Å². The Balaban J connectivity index is 2.29. The summed E-state index contributed by atoms with van der Waals surface area (Å²) in [4.78, 5) is 14.8. The van der Waals surface area contributed by atoms with Crippen molar-refractivity contribution < 1.29 is 4.92 Å². The number of nitro benzene ring substituents is 1. The lowest BCUT2D eigenvalue weighted by Gasteiger charge is -2.11. The molecular weight excluding hydrogens is 375 g/mol. The summed E-state index contributed by atoms with van der Waals surface area (Å²) in [5, 5.41) is 21.3. The number of hydrogen-bond donors (Lipinski definition) is 1. The van der Waals surface area contributed by atoms with Crippen LogP contribution in [0.5, 0.6) is 0 Å². The highest BCUT2D eigenvalue weighted by Gasteiger charge is 2.18. The lowest BCUT2D eigenvalue weighted by atomic mass is 9.98. The van der Waals surface area contributed by atoms with Crippen molar-refractivity contribution in [1.29, 1.82) is 5.26 Å². The van der Waals surface area contributed by atoms with Crippen molar-refractivity contribution in [1.82, 2.24) is 4.98 Å². The first kappa shape index (κ1) is 17.7. The number of non-ortho nitro benzene ring substituents is 1. The van der Waals surface area contributed by atoms with Gasteiger partial charge in [0.15, 0.2) is 0 Å². The summed E-state index contributed by atoms with van der Waals surface area (Å²) in [6.07, 6.45) is 0. The van der Waals surface area contributed by atoms with E-state index in [-0.39, 0.29) is 22.1 Å². The molecule has 0 fully saturated rings. The quantitative estimate of drug-likeness (QED) is 0.500. The van der Waals surface area contributed by atoms with Crippen molar-refractivity contribution in [3.63, 3.8) is 0 Å². The third-order valence-corrected chi connectivity index (χ3v) is 4.30. The molecule has 1 aromatic heterocycles. The van der Waals surface area contributed by atoms with E-state index in [9.17, 15) is 15.4 Å². The Labute approximate surface area is 158 Å². The molecule has 0 atom stereocenters. The Morgan fingerprint density at radius 3 is 2.54 bits per heavy atom. The summed E-state index contributed by atoms with van der Waals surface area (Å²) in [6, 6.07) is 14.6. The Bertz CT molecular complexity index is 1080. The number of halogens is 2. The van der Waals surface area contributed by atoms with Gasteiger partial charge in [-0.25, -0.2) is 4.98 Å². The van der Waals surface area contributed by atoms with Gasteiger partial charge in [-0.3, -0.25) is 10.1 Å². The summed E-state index contributed by atoms with van der Waals surface area (Å²) in [7, 11) is 0. The summed E-state index contributed by atoms with van der Waals surface area (Å²) in [5.74, 6) is 0.00236. The van der Waals surface area contributed by atoms with Crippen molar-refractivity contribution >= 4 is 34.7 Å². The minimum absolute atomic E-state index is 0.00236. The Hall–Kier alpha value is -3.14. The van der Waals surface area contributed by atoms with E-state index in [1.807, 2.05) is 6.07 Å². The van der Waals surface area contributed by atoms with Crippen LogP contribution < -0.4 is 5.73 Å². The lowest BCUT2D eigenvalue weighted by molar-refractivity contribution is -0.384. The molecule has 0 unspecified atom stereocenters. The molecule has 0 aliphatic carbocycles. The summed E-state index contributed by atoms with van der Waals surface area (Å²) in [5.41, 5.74) is 7.76. The molecule has 0 bridgehead atoms. The van der Waals surface area contributed by atoms with Gasteiger partial charge in [0, 0.05) is 38.9 Å². The van der Waals surface area contributed by atoms with E-state index >= 15 is 0 Å². The fourth-order valence-electron chi connectivity index (χ4n) is 2.52. The standard InChI is InChI=1S/C18H10Cl2N4O2/c19-11-3-1-2-10(6-11)17-8-13(15(9-21)18(22)23-17)14-7-12(24(25)26)4-5-16(14)20/h1-8H,(H2,22,23). The van der Waals surface area contributed by atoms with Crippen molar-refractivity contribution in [3.8, 4) is 28.5 Å². The van der Waals surface area contributed by atoms with Crippen LogP contribution in [0.15, 0.2) is 48.5 Å². The number of hydrogen-bond acceptors (Lipinski definition) is 5. The summed E-state index contributed by atoms with van der Waals surface area (Å²) in [6.45, 7) is 0. The summed E-state index contributed by atoms with van der Waals surface area (Å²) >= 11 is 12.2. The van der Waals surface area contributed by atoms with Crippen molar-refractivity contribution in [2.24, 2.45) is 0 Å². The second-order valence-electron chi connectivity index (χ2n) is 5.36. The van der Waals surface area contributed by atoms with E-state index in [1.54, 1.807) is 30.3 Å². The van der Waals surface area contributed by atoms with Crippen LogP contribution in [0, 0.1) is 21.4 Å². The molecule has 2 aromatic carbocycles. The molecule has 0 saturated heterocycles. The van der Waals surface area contributed by atoms with Gasteiger partial charge in [-0.05, 0) is 24.3 Å². The Morgan fingerprint density at radius 2 is 1.88 bits per heavy atom. The average molecular weight is 385 g/mol. The maximum Gasteiger partial charge on any atom is 0.270 e. The van der Waals surface area contributed by atoms with Gasteiger partial charge in [-0.15, -0.1) is 0 Å². The number of benzene rings is 2. The molecule has 1 heterocycles. The highest BCUT2D eigenvalue weighted by atomic mass is 35.5. The van der Waals surface area contributed by atoms with Gasteiger partial charge in [0.2, 0.25) is 0 Å². The first-order valence-electron chi connectivity index (χ1n) is 7.31. The van der Waals surface area contributed by atoms with Crippen molar-refractivity contribution in [3.05, 3.63) is 74.3 Å². The maximum absolute atomic E-state index is 11.1. The zero-order chi connectivity index (χ0) is 18.8. The van der Waals surface area contributed by atoms with Crippen LogP contribution in [0.2, 0.25) is 10.0 Å². The molecule has 0 spiro atoms. The number of nitrogens with two attached hydrogens (primary N) is 1. The Morgan fingerprint density at radius 1 is 1.12 bits per heavy atom. The summed E-state index contributed by atoms with van der Waals surface area (Å²) < 4.78 is 0. The van der Waals surface area contributed by atoms with Crippen molar-refractivity contribution in [2.75, 3.05) is 5.73 Å². The van der Waals surface area contributed by atoms with Gasteiger partial charge in [0.25, 0.3) is 5.69 Å². The van der Waals surface area contributed by atoms with E-state index in [0.717, 1.165) is 0 Å². The molecule has 26 heavy (non-hydrogen) atoms. The van der Waals surface area contributed by atoms with Gasteiger partial charge in [0.05, 0.1) is 10.6 Å². The van der Waals surface area contributed by atoms with E-state index < -0.39 is 4.92 Å². The first-order valence-corrected chi connectivity index (χ1v) is 8.07. The number of nitriles is 1. The number of anilines is 1. The molecule has 128 valence electrons. The number of aromatic nitrogens is 1. The highest BCUT2D eigenvalue weighted by molar-refractivity contribution is 6.33. The number of nitrogens with zero attached hydrogens (tertiary/aromatic N) is 3. The van der Waals surface area contributed by atoms with Crippen molar-refractivity contribution in [2.45, 2.75) is 0 Å². The molecule has 0 aliphatic heterocycles. The predicted octanol–water partition coefficient (Wildman–Crippen LogP) is 5.08. The maximum atomic E-state index is 11.1. The van der Waals surface area contributed by atoms with E-state index in [1.165, 1.54) is 18.2 Å². The second kappa shape index (κ2) is 7.00. The van der Waals surface area contributed by atoms with Crippen LogP contribution in [-0.4, -0.2) is 9.91 Å². The second-order valence-corrected chi connectivity index (χ2v) is 6.20. The van der Waals surface area contributed by atoms with Gasteiger partial charge in [-0.1, -0.05) is 35.3 Å². The third kappa shape index (κ3) is 3.31. The number of nitrogen functional groups attached to an aromatic ring is 1. The fraction of sp³-hybridized carbons (Fsp3) is 0. The number of pyridine rings is 1. The minimum atomic E-state index is -0.533. The van der Waals surface area contributed by atoms with Gasteiger partial charge < -0.3 is 5.73 Å². The van der Waals surface area contributed by atoms with E-state index in [0.29, 0.717) is 27.4 Å². The zero-order valence-electron chi connectivity index (χ0n) is 13.1. The van der Waals surface area contributed by atoms with Crippen LogP contribution in [-0.2, 0) is 0 Å². The largest absolute Gasteiger partial charge is 0.383 e. The molecule has 3 rings (SSSR count). The number of nitro groups is 1. The molecule has 0 radical (unpaired) electrons. The highest BCUT2D eigenvalue weighted by Crippen LogP contribution is 2.37.